The molecule has 0 radical (unpaired) electrons. The highest BCUT2D eigenvalue weighted by atomic mass is 35.5. The van der Waals surface area contributed by atoms with Gasteiger partial charge in [0.05, 0.1) is 5.56 Å². The molecule has 0 unspecified atom stereocenters. The number of ether oxygens (including phenoxy) is 1. The SMILES string of the molecule is CCc1c(N)ncnc1Oc1cc(C)c(Cl)c(C)c1. The summed E-state index contributed by atoms with van der Waals surface area (Å²) < 4.78 is 5.81. The fourth-order valence-corrected chi connectivity index (χ4v) is 2.02. The number of anilines is 1. The Labute approximate surface area is 117 Å². The first-order valence-corrected chi connectivity index (χ1v) is 6.44. The van der Waals surface area contributed by atoms with Crippen LogP contribution in [0.25, 0.3) is 0 Å². The third kappa shape index (κ3) is 2.79. The molecule has 0 saturated carbocycles. The predicted molar refractivity (Wildman–Crippen MR) is 76.8 cm³/mol. The monoisotopic (exact) mass is 277 g/mol. The van der Waals surface area contributed by atoms with E-state index in [1.807, 2.05) is 32.9 Å². The van der Waals surface area contributed by atoms with E-state index in [1.54, 1.807) is 0 Å². The Bertz CT molecular complexity index is 591. The quantitative estimate of drug-likeness (QED) is 0.929. The molecule has 100 valence electrons. The van der Waals surface area contributed by atoms with E-state index in [9.17, 15) is 0 Å². The van der Waals surface area contributed by atoms with Gasteiger partial charge in [0.15, 0.2) is 0 Å². The molecule has 0 atom stereocenters. The Morgan fingerprint density at radius 3 is 2.42 bits per heavy atom. The zero-order valence-electron chi connectivity index (χ0n) is 11.2. The number of nitrogens with zero attached hydrogens (tertiary/aromatic N) is 2. The van der Waals surface area contributed by atoms with Crippen molar-refractivity contribution < 1.29 is 4.74 Å². The van der Waals surface area contributed by atoms with E-state index in [1.165, 1.54) is 6.33 Å². The van der Waals surface area contributed by atoms with Gasteiger partial charge in [-0.15, -0.1) is 0 Å². The van der Waals surface area contributed by atoms with E-state index in [-0.39, 0.29) is 0 Å². The van der Waals surface area contributed by atoms with Gasteiger partial charge in [-0.05, 0) is 43.5 Å². The average Bonchev–Trinajstić information content (AvgIpc) is 2.36. The predicted octanol–water partition coefficient (Wildman–Crippen LogP) is 3.68. The molecule has 1 heterocycles. The summed E-state index contributed by atoms with van der Waals surface area (Å²) in [5.41, 5.74) is 8.57. The lowest BCUT2D eigenvalue weighted by atomic mass is 10.1. The molecule has 1 aromatic carbocycles. The topological polar surface area (TPSA) is 61.0 Å². The summed E-state index contributed by atoms with van der Waals surface area (Å²) in [6, 6.07) is 3.76. The maximum absolute atomic E-state index is 6.14. The average molecular weight is 278 g/mol. The van der Waals surface area contributed by atoms with Gasteiger partial charge in [0.1, 0.15) is 17.9 Å². The third-order valence-electron chi connectivity index (χ3n) is 2.92. The minimum absolute atomic E-state index is 0.454. The second kappa shape index (κ2) is 5.45. The standard InChI is InChI=1S/C14H16ClN3O/c1-4-11-13(16)17-7-18-14(11)19-10-5-8(2)12(15)9(3)6-10/h5-7H,4H2,1-3H3,(H2,16,17,18). The van der Waals surface area contributed by atoms with Crippen LogP contribution in [0.15, 0.2) is 18.5 Å². The second-order valence-corrected chi connectivity index (χ2v) is 4.75. The van der Waals surface area contributed by atoms with Gasteiger partial charge in [-0.2, -0.15) is 0 Å². The van der Waals surface area contributed by atoms with Gasteiger partial charge >= 0.3 is 0 Å². The highest BCUT2D eigenvalue weighted by Gasteiger charge is 2.11. The van der Waals surface area contributed by atoms with Crippen LogP contribution in [0, 0.1) is 13.8 Å². The highest BCUT2D eigenvalue weighted by molar-refractivity contribution is 6.32. The van der Waals surface area contributed by atoms with Crippen molar-refractivity contribution in [1.82, 2.24) is 9.97 Å². The van der Waals surface area contributed by atoms with E-state index in [2.05, 4.69) is 9.97 Å². The molecule has 0 saturated heterocycles. The molecule has 0 aliphatic heterocycles. The smallest absolute Gasteiger partial charge is 0.227 e. The van der Waals surface area contributed by atoms with Crippen LogP contribution in [0.3, 0.4) is 0 Å². The molecule has 1 aromatic heterocycles. The Kier molecular flexibility index (Phi) is 3.90. The first kappa shape index (κ1) is 13.6. The van der Waals surface area contributed by atoms with Crippen LogP contribution in [0.2, 0.25) is 5.02 Å². The lowest BCUT2D eigenvalue weighted by Crippen LogP contribution is -2.02. The number of nitrogen functional groups attached to an aromatic ring is 1. The minimum atomic E-state index is 0.454. The van der Waals surface area contributed by atoms with Crippen LogP contribution in [-0.4, -0.2) is 9.97 Å². The van der Waals surface area contributed by atoms with Crippen LogP contribution in [-0.2, 0) is 6.42 Å². The van der Waals surface area contributed by atoms with E-state index in [0.29, 0.717) is 23.9 Å². The zero-order chi connectivity index (χ0) is 14.0. The molecule has 2 aromatic rings. The number of hydrogen-bond donors (Lipinski definition) is 1. The van der Waals surface area contributed by atoms with Gasteiger partial charge in [-0.1, -0.05) is 18.5 Å². The van der Waals surface area contributed by atoms with Crippen molar-refractivity contribution >= 4 is 17.4 Å². The van der Waals surface area contributed by atoms with Crippen molar-refractivity contribution in [3.8, 4) is 11.6 Å². The summed E-state index contributed by atoms with van der Waals surface area (Å²) in [4.78, 5) is 8.11. The molecule has 2 N–H and O–H groups in total. The van der Waals surface area contributed by atoms with Gasteiger partial charge in [0, 0.05) is 5.02 Å². The summed E-state index contributed by atoms with van der Waals surface area (Å²) in [5.74, 6) is 1.65. The normalized spacial score (nSPS) is 10.5. The number of halogens is 1. The highest BCUT2D eigenvalue weighted by Crippen LogP contribution is 2.30. The molecular weight excluding hydrogens is 262 g/mol. The summed E-state index contributed by atoms with van der Waals surface area (Å²) in [5, 5.41) is 0.755. The maximum Gasteiger partial charge on any atom is 0.227 e. The Balaban J connectivity index is 2.39. The summed E-state index contributed by atoms with van der Waals surface area (Å²) in [6.07, 6.45) is 2.12. The van der Waals surface area contributed by atoms with Crippen LogP contribution in [0.4, 0.5) is 5.82 Å². The minimum Gasteiger partial charge on any atom is -0.439 e. The summed E-state index contributed by atoms with van der Waals surface area (Å²) in [7, 11) is 0. The molecule has 2 rings (SSSR count). The van der Waals surface area contributed by atoms with E-state index in [4.69, 9.17) is 22.1 Å². The lowest BCUT2D eigenvalue weighted by molar-refractivity contribution is 0.455. The maximum atomic E-state index is 6.14. The van der Waals surface area contributed by atoms with Crippen LogP contribution < -0.4 is 10.5 Å². The zero-order valence-corrected chi connectivity index (χ0v) is 12.0. The van der Waals surface area contributed by atoms with Gasteiger partial charge in [-0.3, -0.25) is 0 Å². The molecule has 0 fully saturated rings. The molecular formula is C14H16ClN3O. The van der Waals surface area contributed by atoms with Crippen LogP contribution in [0.1, 0.15) is 23.6 Å². The molecule has 0 bridgehead atoms. The van der Waals surface area contributed by atoms with Gasteiger partial charge in [0.25, 0.3) is 0 Å². The van der Waals surface area contributed by atoms with Crippen molar-refractivity contribution in [2.45, 2.75) is 27.2 Å². The number of benzene rings is 1. The molecule has 0 amide bonds. The van der Waals surface area contributed by atoms with Crippen LogP contribution in [0.5, 0.6) is 11.6 Å². The van der Waals surface area contributed by atoms with Crippen molar-refractivity contribution in [2.24, 2.45) is 0 Å². The molecule has 0 aliphatic rings. The Hall–Kier alpha value is -1.81. The van der Waals surface area contributed by atoms with E-state index >= 15 is 0 Å². The van der Waals surface area contributed by atoms with Crippen molar-refractivity contribution in [2.75, 3.05) is 5.73 Å². The number of aryl methyl sites for hydroxylation is 2. The summed E-state index contributed by atoms with van der Waals surface area (Å²) >= 11 is 6.14. The lowest BCUT2D eigenvalue weighted by Gasteiger charge is -2.12. The fourth-order valence-electron chi connectivity index (χ4n) is 1.91. The first-order valence-electron chi connectivity index (χ1n) is 6.06. The molecule has 0 aliphatic carbocycles. The fraction of sp³-hybridized carbons (Fsp3) is 0.286. The van der Waals surface area contributed by atoms with Crippen LogP contribution >= 0.6 is 11.6 Å². The van der Waals surface area contributed by atoms with Gasteiger partial charge < -0.3 is 10.5 Å². The molecule has 19 heavy (non-hydrogen) atoms. The number of aromatic nitrogens is 2. The van der Waals surface area contributed by atoms with E-state index < -0.39 is 0 Å². The van der Waals surface area contributed by atoms with Crippen molar-refractivity contribution in [1.29, 1.82) is 0 Å². The number of rotatable bonds is 3. The van der Waals surface area contributed by atoms with Crippen molar-refractivity contribution in [3.05, 3.63) is 40.2 Å². The van der Waals surface area contributed by atoms with Gasteiger partial charge in [-0.25, -0.2) is 9.97 Å². The Morgan fingerprint density at radius 2 is 1.84 bits per heavy atom. The van der Waals surface area contributed by atoms with Crippen molar-refractivity contribution in [3.63, 3.8) is 0 Å². The molecule has 0 spiro atoms. The molecule has 5 heteroatoms. The first-order chi connectivity index (χ1) is 9.02. The number of hydrogen-bond acceptors (Lipinski definition) is 4. The Morgan fingerprint density at radius 1 is 1.21 bits per heavy atom. The van der Waals surface area contributed by atoms with E-state index in [0.717, 1.165) is 21.7 Å². The summed E-state index contributed by atoms with van der Waals surface area (Å²) in [6.45, 7) is 5.87. The second-order valence-electron chi connectivity index (χ2n) is 4.37. The largest absolute Gasteiger partial charge is 0.439 e. The number of nitrogens with two attached hydrogens (primary N) is 1. The molecule has 4 nitrogen and oxygen atoms in total. The third-order valence-corrected chi connectivity index (χ3v) is 3.51. The van der Waals surface area contributed by atoms with Gasteiger partial charge in [0.2, 0.25) is 5.88 Å².